The number of thiophene rings is 1. The van der Waals surface area contributed by atoms with Crippen LogP contribution in [0.4, 0.5) is 24.0 Å². The van der Waals surface area contributed by atoms with Crippen molar-refractivity contribution in [2.45, 2.75) is 63.1 Å². The van der Waals surface area contributed by atoms with Gasteiger partial charge in [-0.15, -0.1) is 11.3 Å². The summed E-state index contributed by atoms with van der Waals surface area (Å²) in [5.41, 5.74) is 5.40. The quantitative estimate of drug-likeness (QED) is 0.203. The van der Waals surface area contributed by atoms with Crippen molar-refractivity contribution in [1.29, 1.82) is 5.26 Å². The number of ether oxygens (including phenoxy) is 2. The Kier molecular flexibility index (Phi) is 9.48. The van der Waals surface area contributed by atoms with Gasteiger partial charge in [0.15, 0.2) is 5.82 Å². The first-order valence-corrected chi connectivity index (χ1v) is 21.7. The molecule has 11 nitrogen and oxygen atoms in total. The monoisotopic (exact) mass is 834 g/mol. The number of fused-ring (bicyclic) bond motifs is 3. The highest BCUT2D eigenvalue weighted by Gasteiger charge is 2.57. The zero-order valence-electron chi connectivity index (χ0n) is 32.3. The molecule has 4 aromatic rings. The van der Waals surface area contributed by atoms with Gasteiger partial charge >= 0.3 is 6.01 Å². The number of amides is 1. The van der Waals surface area contributed by atoms with Gasteiger partial charge in [-0.3, -0.25) is 14.6 Å². The molecular formula is C42H46ClF3N8O3S. The minimum Gasteiger partial charge on any atom is -0.461 e. The molecule has 5 aliphatic heterocycles. The first-order chi connectivity index (χ1) is 28.0. The van der Waals surface area contributed by atoms with Crippen molar-refractivity contribution >= 4 is 60.7 Å². The molecule has 10 rings (SSSR count). The summed E-state index contributed by atoms with van der Waals surface area (Å²) in [6.07, 6.45) is 5.73. The van der Waals surface area contributed by atoms with Gasteiger partial charge in [-0.1, -0.05) is 24.1 Å². The number of carbonyl (C=O) groups is 1. The Morgan fingerprint density at radius 3 is 2.66 bits per heavy atom. The standard InChI is InChI=1S/C42H46ClF3N8O3S/c43-29-16-27-34(33(46)32(29)26-4-5-30(45)35-31(26)28(18-47)36(48)58-35)49-39(57-24-42-7-3-11-54(42)19-25(44)17-42)50-37(27)52-10-2-1-6-40(20-52)21-53(22-40)38(55)41(8-9-41)23-51-12-14-56-15-13-51/h4-5,16,25H,1-3,6-15,17,19-24,48H2/t25-,42+/m1/s1. The van der Waals surface area contributed by atoms with E-state index in [1.165, 1.54) is 12.1 Å². The number of hydrogen-bond donors (Lipinski definition) is 1. The Labute approximate surface area is 343 Å². The van der Waals surface area contributed by atoms with Crippen molar-refractivity contribution in [2.75, 3.05) is 89.4 Å². The summed E-state index contributed by atoms with van der Waals surface area (Å²) in [5.74, 6) is -0.618. The summed E-state index contributed by atoms with van der Waals surface area (Å²) in [6, 6.07) is 6.31. The van der Waals surface area contributed by atoms with Gasteiger partial charge in [-0.2, -0.15) is 15.2 Å². The van der Waals surface area contributed by atoms with Crippen LogP contribution >= 0.6 is 22.9 Å². The topological polar surface area (TPSA) is 124 Å². The third-order valence-electron chi connectivity index (χ3n) is 13.8. The molecule has 1 saturated carbocycles. The second kappa shape index (κ2) is 14.4. The Morgan fingerprint density at radius 1 is 1.07 bits per heavy atom. The van der Waals surface area contributed by atoms with E-state index < -0.39 is 23.3 Å². The van der Waals surface area contributed by atoms with E-state index in [1.807, 2.05) is 4.90 Å². The van der Waals surface area contributed by atoms with Crippen molar-refractivity contribution < 1.29 is 27.4 Å². The molecule has 0 radical (unpaired) electrons. The molecule has 1 aliphatic carbocycles. The van der Waals surface area contributed by atoms with Crippen LogP contribution in [0.2, 0.25) is 5.02 Å². The first-order valence-electron chi connectivity index (χ1n) is 20.5. The molecule has 6 fully saturated rings. The molecular weight excluding hydrogens is 789 g/mol. The van der Waals surface area contributed by atoms with E-state index in [0.29, 0.717) is 63.6 Å². The molecule has 1 amide bonds. The number of nitrogens with zero attached hydrogens (tertiary/aromatic N) is 7. The van der Waals surface area contributed by atoms with Crippen molar-refractivity contribution in [3.05, 3.63) is 40.4 Å². The zero-order valence-corrected chi connectivity index (χ0v) is 33.9. The van der Waals surface area contributed by atoms with E-state index in [9.17, 15) is 14.4 Å². The number of nitrogens with two attached hydrogens (primary N) is 1. The van der Waals surface area contributed by atoms with Gasteiger partial charge in [0, 0.05) is 80.5 Å². The Bertz CT molecular complexity index is 2360. The molecule has 1 spiro atoms. The molecule has 7 heterocycles. The fourth-order valence-corrected chi connectivity index (χ4v) is 11.9. The number of alkyl halides is 1. The SMILES string of the molecule is N#Cc1c(N)sc2c(F)ccc(-c3c(Cl)cc4c(N5CCCCC6(CN(C(=O)C7(CN8CCOCC8)CC7)C6)C5)nc(OC[C@@]56CCCN5C[C@H](F)C6)nc4c3F)c12. The highest BCUT2D eigenvalue weighted by Crippen LogP contribution is 2.52. The molecule has 6 aliphatic rings. The predicted molar refractivity (Wildman–Crippen MR) is 217 cm³/mol. The highest BCUT2D eigenvalue weighted by atomic mass is 35.5. The maximum atomic E-state index is 17.4. The van der Waals surface area contributed by atoms with Gasteiger partial charge in [-0.25, -0.2) is 13.2 Å². The number of benzene rings is 2. The minimum absolute atomic E-state index is 0.0255. The summed E-state index contributed by atoms with van der Waals surface area (Å²) >= 11 is 7.94. The molecule has 16 heteroatoms. The zero-order chi connectivity index (χ0) is 40.0. The maximum Gasteiger partial charge on any atom is 0.319 e. The number of carbonyl (C=O) groups excluding carboxylic acids is 1. The van der Waals surface area contributed by atoms with E-state index >= 15 is 8.78 Å². The van der Waals surface area contributed by atoms with Crippen LogP contribution in [0.3, 0.4) is 0 Å². The van der Waals surface area contributed by atoms with Gasteiger partial charge in [0.05, 0.1) is 39.5 Å². The van der Waals surface area contributed by atoms with E-state index in [4.69, 9.17) is 31.8 Å². The van der Waals surface area contributed by atoms with E-state index in [0.717, 1.165) is 82.5 Å². The third kappa shape index (κ3) is 6.36. The van der Waals surface area contributed by atoms with Gasteiger partial charge in [0.2, 0.25) is 5.91 Å². The minimum atomic E-state index is -0.951. The number of aromatic nitrogens is 2. The van der Waals surface area contributed by atoms with Crippen molar-refractivity contribution in [3.63, 3.8) is 0 Å². The molecule has 2 atom stereocenters. The average Bonchev–Trinajstić information content (AvgIpc) is 3.71. The van der Waals surface area contributed by atoms with Crippen LogP contribution in [-0.4, -0.2) is 121 Å². The maximum absolute atomic E-state index is 17.4. The number of likely N-dealkylation sites (tertiary alicyclic amines) is 1. The van der Waals surface area contributed by atoms with Gasteiger partial charge in [-0.05, 0) is 62.8 Å². The lowest BCUT2D eigenvalue weighted by Gasteiger charge is -2.52. The van der Waals surface area contributed by atoms with Crippen LogP contribution in [-0.2, 0) is 9.53 Å². The van der Waals surface area contributed by atoms with E-state index in [-0.39, 0.29) is 71.7 Å². The average molecular weight is 835 g/mol. The summed E-state index contributed by atoms with van der Waals surface area (Å²) in [7, 11) is 0. The van der Waals surface area contributed by atoms with Crippen LogP contribution in [0.5, 0.6) is 6.01 Å². The number of rotatable bonds is 8. The summed E-state index contributed by atoms with van der Waals surface area (Å²) in [4.78, 5) is 32.4. The molecule has 5 saturated heterocycles. The predicted octanol–water partition coefficient (Wildman–Crippen LogP) is 6.78. The number of hydrogen-bond acceptors (Lipinski definition) is 11. The van der Waals surface area contributed by atoms with Gasteiger partial charge < -0.3 is 25.0 Å². The smallest absolute Gasteiger partial charge is 0.319 e. The number of morpholine rings is 1. The lowest BCUT2D eigenvalue weighted by molar-refractivity contribution is -0.150. The molecule has 306 valence electrons. The Hall–Kier alpha value is -3.94. The molecule has 2 N–H and O–H groups in total. The normalized spacial score (nSPS) is 25.5. The summed E-state index contributed by atoms with van der Waals surface area (Å²) in [5, 5.41) is 10.8. The fourth-order valence-electron chi connectivity index (χ4n) is 10.7. The summed E-state index contributed by atoms with van der Waals surface area (Å²) in [6.45, 7) is 7.72. The molecule has 0 bridgehead atoms. The van der Waals surface area contributed by atoms with Crippen molar-refractivity contribution in [2.24, 2.45) is 10.8 Å². The lowest BCUT2D eigenvalue weighted by Crippen LogP contribution is -2.64. The van der Waals surface area contributed by atoms with Crippen LogP contribution < -0.4 is 15.4 Å². The van der Waals surface area contributed by atoms with Crippen LogP contribution in [0.15, 0.2) is 18.2 Å². The van der Waals surface area contributed by atoms with Crippen molar-refractivity contribution in [3.8, 4) is 23.2 Å². The largest absolute Gasteiger partial charge is 0.461 e. The number of halogens is 4. The lowest BCUT2D eigenvalue weighted by atomic mass is 9.75. The number of anilines is 2. The second-order valence-electron chi connectivity index (χ2n) is 17.6. The third-order valence-corrected chi connectivity index (χ3v) is 15.1. The molecule has 0 unspecified atom stereocenters. The van der Waals surface area contributed by atoms with E-state index in [1.54, 1.807) is 6.07 Å². The van der Waals surface area contributed by atoms with E-state index in [2.05, 4.69) is 25.8 Å². The molecule has 2 aromatic heterocycles. The van der Waals surface area contributed by atoms with Crippen LogP contribution in [0.1, 0.15) is 56.9 Å². The second-order valence-corrected chi connectivity index (χ2v) is 19.1. The Balaban J connectivity index is 1.01. The van der Waals surface area contributed by atoms with Crippen molar-refractivity contribution in [1.82, 2.24) is 24.7 Å². The summed E-state index contributed by atoms with van der Waals surface area (Å²) < 4.78 is 59.3. The number of nitriles is 1. The van der Waals surface area contributed by atoms with Crippen LogP contribution in [0, 0.1) is 33.8 Å². The fraction of sp³-hybridized carbons (Fsp3) is 0.571. The van der Waals surface area contributed by atoms with Gasteiger partial charge in [0.1, 0.15) is 41.0 Å². The Morgan fingerprint density at radius 2 is 1.88 bits per heavy atom. The first kappa shape index (κ1) is 38.3. The van der Waals surface area contributed by atoms with Crippen LogP contribution in [0.25, 0.3) is 32.1 Å². The highest BCUT2D eigenvalue weighted by molar-refractivity contribution is 7.23. The number of nitrogen functional groups attached to an aromatic ring is 1. The molecule has 2 aromatic carbocycles. The van der Waals surface area contributed by atoms with Gasteiger partial charge in [0.25, 0.3) is 0 Å². The molecule has 58 heavy (non-hydrogen) atoms.